The second-order valence-electron chi connectivity index (χ2n) is 5.95. The summed E-state index contributed by atoms with van der Waals surface area (Å²) in [5, 5.41) is 7.05. The first kappa shape index (κ1) is 19.8. The van der Waals surface area contributed by atoms with Crippen molar-refractivity contribution in [1.82, 2.24) is 14.7 Å². The Balaban J connectivity index is 1.71. The Morgan fingerprint density at radius 2 is 2.04 bits per heavy atom. The normalized spacial score (nSPS) is 12.3. The molecule has 136 valence electrons. The Kier molecular flexibility index (Phi) is 7.80. The molecule has 1 heterocycles. The number of likely N-dealkylation sites (N-methyl/N-ethyl adjacent to an activating group) is 1. The van der Waals surface area contributed by atoms with Gasteiger partial charge < -0.3 is 10.2 Å². The first-order chi connectivity index (χ1) is 11.9. The maximum Gasteiger partial charge on any atom is 0.224 e. The average Bonchev–Trinajstić information content (AvgIpc) is 3.01. The van der Waals surface area contributed by atoms with Crippen molar-refractivity contribution < 1.29 is 9.00 Å². The van der Waals surface area contributed by atoms with Crippen LogP contribution in [0.1, 0.15) is 12.8 Å². The third-order valence-electron chi connectivity index (χ3n) is 3.50. The van der Waals surface area contributed by atoms with Gasteiger partial charge in [-0.25, -0.2) is 0 Å². The SMILES string of the molecule is CN(C)CCn1cc(NC(=O)CCC[S@@](=O)c2ccc(Br)cc2)cn1. The van der Waals surface area contributed by atoms with Gasteiger partial charge in [0.25, 0.3) is 0 Å². The van der Waals surface area contributed by atoms with Gasteiger partial charge in [0.15, 0.2) is 0 Å². The van der Waals surface area contributed by atoms with Crippen LogP contribution in [0.25, 0.3) is 0 Å². The number of amides is 1. The van der Waals surface area contributed by atoms with E-state index in [0.29, 0.717) is 24.3 Å². The molecule has 6 nitrogen and oxygen atoms in total. The van der Waals surface area contributed by atoms with E-state index in [9.17, 15) is 9.00 Å². The van der Waals surface area contributed by atoms with Gasteiger partial charge in [0.05, 0.1) is 29.2 Å². The van der Waals surface area contributed by atoms with Gasteiger partial charge >= 0.3 is 0 Å². The molecule has 0 unspecified atom stereocenters. The van der Waals surface area contributed by atoms with E-state index >= 15 is 0 Å². The van der Waals surface area contributed by atoms with Crippen molar-refractivity contribution in [3.8, 4) is 0 Å². The molecule has 0 aliphatic rings. The smallest absolute Gasteiger partial charge is 0.224 e. The molecular weight excluding hydrogens is 404 g/mol. The number of nitrogens with one attached hydrogen (secondary N) is 1. The second-order valence-corrected chi connectivity index (χ2v) is 8.44. The van der Waals surface area contributed by atoms with Crippen molar-refractivity contribution >= 4 is 38.3 Å². The predicted octanol–water partition coefficient (Wildman–Crippen LogP) is 2.73. The van der Waals surface area contributed by atoms with Gasteiger partial charge in [-0.05, 0) is 44.8 Å². The summed E-state index contributed by atoms with van der Waals surface area (Å²) >= 11 is 3.36. The van der Waals surface area contributed by atoms with Gasteiger partial charge in [-0.2, -0.15) is 5.10 Å². The lowest BCUT2D eigenvalue weighted by Crippen LogP contribution is -2.18. The fourth-order valence-corrected chi connectivity index (χ4v) is 3.49. The predicted molar refractivity (Wildman–Crippen MR) is 104 cm³/mol. The monoisotopic (exact) mass is 426 g/mol. The highest BCUT2D eigenvalue weighted by atomic mass is 79.9. The molecule has 0 radical (unpaired) electrons. The van der Waals surface area contributed by atoms with Crippen LogP contribution in [0.3, 0.4) is 0 Å². The minimum Gasteiger partial charge on any atom is -0.323 e. The topological polar surface area (TPSA) is 67.2 Å². The number of rotatable bonds is 9. The molecule has 0 aliphatic heterocycles. The number of halogens is 1. The maximum absolute atomic E-state index is 12.2. The molecule has 2 rings (SSSR count). The summed E-state index contributed by atoms with van der Waals surface area (Å²) in [6.07, 6.45) is 4.38. The van der Waals surface area contributed by atoms with Crippen LogP contribution in [0.4, 0.5) is 5.69 Å². The molecule has 2 aromatic rings. The number of hydrogen-bond donors (Lipinski definition) is 1. The van der Waals surface area contributed by atoms with Crippen molar-refractivity contribution in [2.45, 2.75) is 24.3 Å². The van der Waals surface area contributed by atoms with E-state index in [-0.39, 0.29) is 5.91 Å². The number of carbonyl (C=O) groups excluding carboxylic acids is 1. The van der Waals surface area contributed by atoms with E-state index in [2.05, 4.69) is 31.2 Å². The fourth-order valence-electron chi connectivity index (χ4n) is 2.14. The summed E-state index contributed by atoms with van der Waals surface area (Å²) in [6.45, 7) is 1.66. The zero-order valence-corrected chi connectivity index (χ0v) is 16.8. The molecule has 0 saturated heterocycles. The summed E-state index contributed by atoms with van der Waals surface area (Å²) in [6, 6.07) is 7.41. The van der Waals surface area contributed by atoms with E-state index < -0.39 is 10.8 Å². The van der Waals surface area contributed by atoms with Gasteiger partial charge in [-0.1, -0.05) is 15.9 Å². The highest BCUT2D eigenvalue weighted by Crippen LogP contribution is 2.14. The Morgan fingerprint density at radius 1 is 1.32 bits per heavy atom. The van der Waals surface area contributed by atoms with E-state index in [1.165, 1.54) is 0 Å². The Bertz CT molecular complexity index is 716. The molecule has 1 aromatic heterocycles. The van der Waals surface area contributed by atoms with Crippen LogP contribution in [0.5, 0.6) is 0 Å². The summed E-state index contributed by atoms with van der Waals surface area (Å²) in [5.41, 5.74) is 0.692. The molecule has 8 heteroatoms. The van der Waals surface area contributed by atoms with Crippen LogP contribution in [0.2, 0.25) is 0 Å². The molecule has 0 aliphatic carbocycles. The van der Waals surface area contributed by atoms with Gasteiger partial charge in [0.2, 0.25) is 5.91 Å². The van der Waals surface area contributed by atoms with Crippen molar-refractivity contribution in [2.75, 3.05) is 31.7 Å². The summed E-state index contributed by atoms with van der Waals surface area (Å²) in [5.74, 6) is 0.386. The van der Waals surface area contributed by atoms with Gasteiger partial charge in [0.1, 0.15) is 0 Å². The molecule has 1 N–H and O–H groups in total. The first-order valence-corrected chi connectivity index (χ1v) is 10.2. The third-order valence-corrected chi connectivity index (χ3v) is 5.49. The molecule has 1 aromatic carbocycles. The standard InChI is InChI=1S/C17H23BrN4O2S/c1-21(2)9-10-22-13-15(12-19-22)20-17(23)4-3-11-25(24)16-7-5-14(18)6-8-16/h5-8,12-13H,3-4,9-11H2,1-2H3,(H,20,23)/t25-/m1/s1. The first-order valence-electron chi connectivity index (χ1n) is 8.05. The number of carbonyl (C=O) groups is 1. The molecule has 0 saturated carbocycles. The fraction of sp³-hybridized carbons (Fsp3) is 0.412. The molecular formula is C17H23BrN4O2S. The molecule has 0 spiro atoms. The number of nitrogens with zero attached hydrogens (tertiary/aromatic N) is 3. The number of anilines is 1. The molecule has 25 heavy (non-hydrogen) atoms. The van der Waals surface area contributed by atoms with Crippen LogP contribution in [-0.4, -0.2) is 51.2 Å². The lowest BCUT2D eigenvalue weighted by molar-refractivity contribution is -0.116. The van der Waals surface area contributed by atoms with Gasteiger partial charge in [0, 0.05) is 34.3 Å². The van der Waals surface area contributed by atoms with E-state index in [1.807, 2.05) is 44.6 Å². The minimum absolute atomic E-state index is 0.0834. The Labute approximate surface area is 159 Å². The quantitative estimate of drug-likeness (QED) is 0.669. The highest BCUT2D eigenvalue weighted by Gasteiger charge is 2.08. The summed E-state index contributed by atoms with van der Waals surface area (Å²) in [7, 11) is 2.93. The van der Waals surface area contributed by atoms with Gasteiger partial charge in [-0.3, -0.25) is 13.7 Å². The lowest BCUT2D eigenvalue weighted by atomic mass is 10.3. The third kappa shape index (κ3) is 7.09. The Hall–Kier alpha value is -1.51. The number of aromatic nitrogens is 2. The molecule has 1 atom stereocenters. The Morgan fingerprint density at radius 3 is 2.72 bits per heavy atom. The van der Waals surface area contributed by atoms with Gasteiger partial charge in [-0.15, -0.1) is 0 Å². The summed E-state index contributed by atoms with van der Waals surface area (Å²) in [4.78, 5) is 14.8. The largest absolute Gasteiger partial charge is 0.323 e. The minimum atomic E-state index is -1.08. The lowest BCUT2D eigenvalue weighted by Gasteiger charge is -2.08. The molecule has 0 bridgehead atoms. The zero-order valence-electron chi connectivity index (χ0n) is 14.4. The van der Waals surface area contributed by atoms with Crippen molar-refractivity contribution in [3.63, 3.8) is 0 Å². The van der Waals surface area contributed by atoms with E-state index in [1.54, 1.807) is 10.9 Å². The highest BCUT2D eigenvalue weighted by molar-refractivity contribution is 9.10. The van der Waals surface area contributed by atoms with Crippen LogP contribution in [0, 0.1) is 0 Å². The summed E-state index contributed by atoms with van der Waals surface area (Å²) < 4.78 is 14.9. The molecule has 0 fully saturated rings. The van der Waals surface area contributed by atoms with E-state index in [0.717, 1.165) is 22.5 Å². The van der Waals surface area contributed by atoms with Crippen LogP contribution in [0.15, 0.2) is 46.0 Å². The van der Waals surface area contributed by atoms with Crippen molar-refractivity contribution in [3.05, 3.63) is 41.1 Å². The van der Waals surface area contributed by atoms with Crippen LogP contribution < -0.4 is 5.32 Å². The van der Waals surface area contributed by atoms with E-state index in [4.69, 9.17) is 0 Å². The number of benzene rings is 1. The van der Waals surface area contributed by atoms with Crippen LogP contribution >= 0.6 is 15.9 Å². The average molecular weight is 427 g/mol. The second kappa shape index (κ2) is 9.84. The zero-order chi connectivity index (χ0) is 18.2. The molecule has 1 amide bonds. The maximum atomic E-state index is 12.2. The van der Waals surface area contributed by atoms with Crippen LogP contribution in [-0.2, 0) is 22.1 Å². The van der Waals surface area contributed by atoms with Crippen molar-refractivity contribution in [2.24, 2.45) is 0 Å². The number of hydrogen-bond acceptors (Lipinski definition) is 4. The van der Waals surface area contributed by atoms with Crippen molar-refractivity contribution in [1.29, 1.82) is 0 Å².